The van der Waals surface area contributed by atoms with Gasteiger partial charge in [-0.15, -0.1) is 0 Å². The first kappa shape index (κ1) is 10.1. The van der Waals surface area contributed by atoms with E-state index in [9.17, 15) is 0 Å². The molecule has 3 aromatic rings. The van der Waals surface area contributed by atoms with Crippen molar-refractivity contribution in [2.45, 2.75) is 13.0 Å². The van der Waals surface area contributed by atoms with E-state index in [0.717, 1.165) is 5.52 Å². The van der Waals surface area contributed by atoms with E-state index in [1.807, 2.05) is 24.5 Å². The Morgan fingerprint density at radius 1 is 0.941 bits per heavy atom. The van der Waals surface area contributed by atoms with Gasteiger partial charge >= 0.3 is 0 Å². The number of hydrogen-bond acceptors (Lipinski definition) is 1. The minimum absolute atomic E-state index is 0.309. The van der Waals surface area contributed by atoms with Crippen LogP contribution >= 0.6 is 0 Å². The van der Waals surface area contributed by atoms with Crippen LogP contribution < -0.4 is 0 Å². The molecule has 0 amide bonds. The highest BCUT2D eigenvalue weighted by Gasteiger charge is 2.10. The summed E-state index contributed by atoms with van der Waals surface area (Å²) in [5, 5.41) is 0. The van der Waals surface area contributed by atoms with E-state index in [2.05, 4.69) is 52.9 Å². The Morgan fingerprint density at radius 3 is 2.47 bits per heavy atom. The number of para-hydroxylation sites is 2. The summed E-state index contributed by atoms with van der Waals surface area (Å²) in [6, 6.07) is 19.0. The lowest BCUT2D eigenvalue weighted by molar-refractivity contribution is 0.658. The van der Waals surface area contributed by atoms with Gasteiger partial charge in [-0.1, -0.05) is 42.5 Å². The summed E-state index contributed by atoms with van der Waals surface area (Å²) < 4.78 is 2.21. The zero-order chi connectivity index (χ0) is 11.7. The van der Waals surface area contributed by atoms with Gasteiger partial charge in [-0.25, -0.2) is 4.98 Å². The van der Waals surface area contributed by atoms with Crippen molar-refractivity contribution in [2.24, 2.45) is 0 Å². The van der Waals surface area contributed by atoms with Crippen LogP contribution in [0, 0.1) is 0 Å². The van der Waals surface area contributed by atoms with E-state index in [0.29, 0.717) is 6.04 Å². The molecule has 2 nitrogen and oxygen atoms in total. The zero-order valence-corrected chi connectivity index (χ0v) is 9.75. The maximum Gasteiger partial charge on any atom is 0.0964 e. The van der Waals surface area contributed by atoms with Crippen LogP contribution in [0.25, 0.3) is 11.0 Å². The maximum atomic E-state index is 4.43. The normalized spacial score (nSPS) is 12.8. The molecular weight excluding hydrogens is 208 g/mol. The number of hydrogen-bond donors (Lipinski definition) is 0. The van der Waals surface area contributed by atoms with Crippen LogP contribution in [0.5, 0.6) is 0 Å². The van der Waals surface area contributed by atoms with E-state index in [4.69, 9.17) is 0 Å². The lowest BCUT2D eigenvalue weighted by Gasteiger charge is -2.14. The van der Waals surface area contributed by atoms with Gasteiger partial charge in [-0.05, 0) is 24.6 Å². The lowest BCUT2D eigenvalue weighted by Crippen LogP contribution is -2.04. The first-order chi connectivity index (χ1) is 8.36. The van der Waals surface area contributed by atoms with E-state index in [1.165, 1.54) is 11.1 Å². The first-order valence-corrected chi connectivity index (χ1v) is 5.83. The summed E-state index contributed by atoms with van der Waals surface area (Å²) in [6.07, 6.45) is 1.92. The van der Waals surface area contributed by atoms with Gasteiger partial charge in [-0.3, -0.25) is 0 Å². The molecule has 0 aliphatic carbocycles. The molecule has 0 radical (unpaired) electrons. The van der Waals surface area contributed by atoms with Gasteiger partial charge in [-0.2, -0.15) is 0 Å². The SMILES string of the molecule is C[C@H](c1ccccc1)n1cnc2ccccc21. The van der Waals surface area contributed by atoms with Crippen molar-refractivity contribution < 1.29 is 0 Å². The molecule has 0 saturated carbocycles. The molecule has 0 bridgehead atoms. The van der Waals surface area contributed by atoms with Crippen LogP contribution in [0.4, 0.5) is 0 Å². The highest BCUT2D eigenvalue weighted by Crippen LogP contribution is 2.22. The average molecular weight is 222 g/mol. The van der Waals surface area contributed by atoms with Gasteiger partial charge in [0.25, 0.3) is 0 Å². The Hall–Kier alpha value is -2.09. The summed E-state index contributed by atoms with van der Waals surface area (Å²) in [4.78, 5) is 4.43. The molecule has 3 rings (SSSR count). The number of benzene rings is 2. The Morgan fingerprint density at radius 2 is 1.65 bits per heavy atom. The van der Waals surface area contributed by atoms with E-state index < -0.39 is 0 Å². The van der Waals surface area contributed by atoms with Gasteiger partial charge in [0.2, 0.25) is 0 Å². The molecule has 84 valence electrons. The molecule has 0 spiro atoms. The number of aromatic nitrogens is 2. The molecule has 0 saturated heterocycles. The summed E-state index contributed by atoms with van der Waals surface area (Å²) in [5.41, 5.74) is 3.54. The summed E-state index contributed by atoms with van der Waals surface area (Å²) in [5.74, 6) is 0. The molecule has 0 unspecified atom stereocenters. The Balaban J connectivity index is 2.10. The molecule has 0 aliphatic rings. The van der Waals surface area contributed by atoms with Crippen LogP contribution in [0.2, 0.25) is 0 Å². The first-order valence-electron chi connectivity index (χ1n) is 5.83. The Labute approximate surface area is 101 Å². The van der Waals surface area contributed by atoms with Crippen molar-refractivity contribution >= 4 is 11.0 Å². The Bertz CT molecular complexity index is 625. The monoisotopic (exact) mass is 222 g/mol. The van der Waals surface area contributed by atoms with E-state index in [1.54, 1.807) is 0 Å². The fraction of sp³-hybridized carbons (Fsp3) is 0.133. The second kappa shape index (κ2) is 4.06. The molecular formula is C15H14N2. The average Bonchev–Trinajstić information content (AvgIpc) is 2.83. The predicted octanol–water partition coefficient (Wildman–Crippen LogP) is 3.65. The van der Waals surface area contributed by atoms with Gasteiger partial charge in [0.1, 0.15) is 0 Å². The fourth-order valence-corrected chi connectivity index (χ4v) is 2.18. The summed E-state index contributed by atoms with van der Waals surface area (Å²) in [6.45, 7) is 2.20. The van der Waals surface area contributed by atoms with Gasteiger partial charge < -0.3 is 4.57 Å². The minimum atomic E-state index is 0.309. The smallest absolute Gasteiger partial charge is 0.0964 e. The van der Waals surface area contributed by atoms with Crippen LogP contribution in [0.3, 0.4) is 0 Å². The molecule has 0 aliphatic heterocycles. The Kier molecular flexibility index (Phi) is 2.41. The number of rotatable bonds is 2. The lowest BCUT2D eigenvalue weighted by atomic mass is 10.1. The molecule has 1 heterocycles. The van der Waals surface area contributed by atoms with Crippen molar-refractivity contribution in [1.82, 2.24) is 9.55 Å². The highest BCUT2D eigenvalue weighted by molar-refractivity contribution is 5.75. The molecule has 1 atom stereocenters. The molecule has 1 aromatic heterocycles. The van der Waals surface area contributed by atoms with Crippen molar-refractivity contribution in [3.63, 3.8) is 0 Å². The molecule has 2 heteroatoms. The minimum Gasteiger partial charge on any atom is -0.323 e. The van der Waals surface area contributed by atoms with Crippen LogP contribution in [-0.2, 0) is 0 Å². The number of imidazole rings is 1. The molecule has 0 N–H and O–H groups in total. The van der Waals surface area contributed by atoms with Crippen LogP contribution in [0.15, 0.2) is 60.9 Å². The largest absolute Gasteiger partial charge is 0.323 e. The van der Waals surface area contributed by atoms with Crippen molar-refractivity contribution in [2.75, 3.05) is 0 Å². The predicted molar refractivity (Wildman–Crippen MR) is 70.0 cm³/mol. The third-order valence-corrected chi connectivity index (χ3v) is 3.18. The standard InChI is InChI=1S/C15H14N2/c1-12(13-7-3-2-4-8-13)17-11-16-14-9-5-6-10-15(14)17/h2-12H,1H3/t12-/m1/s1. The third-order valence-electron chi connectivity index (χ3n) is 3.18. The van der Waals surface area contributed by atoms with Gasteiger partial charge in [0.05, 0.1) is 23.4 Å². The highest BCUT2D eigenvalue weighted by atomic mass is 15.1. The van der Waals surface area contributed by atoms with Crippen LogP contribution in [0.1, 0.15) is 18.5 Å². The quantitative estimate of drug-likeness (QED) is 0.647. The van der Waals surface area contributed by atoms with Crippen LogP contribution in [-0.4, -0.2) is 9.55 Å². The second-order valence-electron chi connectivity index (χ2n) is 4.23. The van der Waals surface area contributed by atoms with Crippen molar-refractivity contribution in [3.8, 4) is 0 Å². The zero-order valence-electron chi connectivity index (χ0n) is 9.75. The van der Waals surface area contributed by atoms with E-state index >= 15 is 0 Å². The number of nitrogens with zero attached hydrogens (tertiary/aromatic N) is 2. The molecule has 17 heavy (non-hydrogen) atoms. The summed E-state index contributed by atoms with van der Waals surface area (Å²) >= 11 is 0. The van der Waals surface area contributed by atoms with Gasteiger partial charge in [0, 0.05) is 0 Å². The third kappa shape index (κ3) is 1.72. The topological polar surface area (TPSA) is 17.8 Å². The number of fused-ring (bicyclic) bond motifs is 1. The summed E-state index contributed by atoms with van der Waals surface area (Å²) in [7, 11) is 0. The van der Waals surface area contributed by atoms with Gasteiger partial charge in [0.15, 0.2) is 0 Å². The molecule has 2 aromatic carbocycles. The second-order valence-corrected chi connectivity index (χ2v) is 4.23. The molecule has 0 fully saturated rings. The van der Waals surface area contributed by atoms with Crippen molar-refractivity contribution in [1.29, 1.82) is 0 Å². The maximum absolute atomic E-state index is 4.43. The fourth-order valence-electron chi connectivity index (χ4n) is 2.18. The van der Waals surface area contributed by atoms with Crippen molar-refractivity contribution in [3.05, 3.63) is 66.5 Å². The van der Waals surface area contributed by atoms with E-state index in [-0.39, 0.29) is 0 Å².